The zero-order valence-corrected chi connectivity index (χ0v) is 6.31. The molecule has 0 fully saturated rings. The summed E-state index contributed by atoms with van der Waals surface area (Å²) in [5, 5.41) is 0.622. The molecule has 0 amide bonds. The second-order valence-electron chi connectivity index (χ2n) is 1.96. The molecule has 0 aliphatic heterocycles. The topological polar surface area (TPSA) is 50.9 Å². The molecule has 3 N–H and O–H groups in total. The molecule has 1 aromatic rings. The third-order valence-electron chi connectivity index (χ3n) is 1.18. The summed E-state index contributed by atoms with van der Waals surface area (Å²) in [5.41, 5.74) is 3.39. The average molecular weight is 158 g/mol. The summed E-state index contributed by atoms with van der Waals surface area (Å²) in [5.74, 6) is 5.80. The lowest BCUT2D eigenvalue weighted by atomic mass is 10.3. The van der Waals surface area contributed by atoms with Gasteiger partial charge in [0, 0.05) is 6.20 Å². The van der Waals surface area contributed by atoms with E-state index < -0.39 is 0 Å². The van der Waals surface area contributed by atoms with Gasteiger partial charge in [-0.1, -0.05) is 11.6 Å². The number of nitrogens with one attached hydrogen (secondary N) is 1. The molecule has 0 aromatic carbocycles. The van der Waals surface area contributed by atoms with E-state index in [0.29, 0.717) is 10.8 Å². The Morgan fingerprint density at radius 3 is 2.90 bits per heavy atom. The van der Waals surface area contributed by atoms with Gasteiger partial charge in [0.1, 0.15) is 5.82 Å². The fourth-order valence-electron chi connectivity index (χ4n) is 0.692. The van der Waals surface area contributed by atoms with Crippen LogP contribution in [0.1, 0.15) is 5.56 Å². The number of nitrogens with zero attached hydrogens (tertiary/aromatic N) is 1. The first-order chi connectivity index (χ1) is 4.74. The maximum absolute atomic E-state index is 5.64. The summed E-state index contributed by atoms with van der Waals surface area (Å²) in [6, 6.07) is 1.80. The molecule has 1 rings (SSSR count). The van der Waals surface area contributed by atoms with Gasteiger partial charge in [-0.05, 0) is 18.6 Å². The highest BCUT2D eigenvalue weighted by Crippen LogP contribution is 2.14. The fraction of sp³-hybridized carbons (Fsp3) is 0.167. The van der Waals surface area contributed by atoms with Crippen molar-refractivity contribution in [3.8, 4) is 0 Å². The highest BCUT2D eigenvalue weighted by Gasteiger charge is 1.96. The molecule has 0 atom stereocenters. The number of anilines is 1. The summed E-state index contributed by atoms with van der Waals surface area (Å²) in [4.78, 5) is 3.93. The smallest absolute Gasteiger partial charge is 0.142 e. The molecule has 1 heterocycles. The Hall–Kier alpha value is -0.800. The minimum atomic E-state index is 0.622. The van der Waals surface area contributed by atoms with Crippen LogP contribution < -0.4 is 11.3 Å². The number of nitrogen functional groups attached to an aromatic ring is 1. The molecule has 0 saturated heterocycles. The Labute approximate surface area is 64.2 Å². The number of nitrogens with two attached hydrogens (primary N) is 1. The van der Waals surface area contributed by atoms with Crippen molar-refractivity contribution >= 4 is 17.4 Å². The molecule has 3 nitrogen and oxygen atoms in total. The first-order valence-electron chi connectivity index (χ1n) is 2.83. The van der Waals surface area contributed by atoms with E-state index in [0.717, 1.165) is 5.56 Å². The summed E-state index contributed by atoms with van der Waals surface area (Å²) < 4.78 is 0. The first kappa shape index (κ1) is 7.31. The van der Waals surface area contributed by atoms with Crippen LogP contribution in [0.2, 0.25) is 5.02 Å². The lowest BCUT2D eigenvalue weighted by Gasteiger charge is -2.01. The van der Waals surface area contributed by atoms with Gasteiger partial charge in [0.05, 0.1) is 5.02 Å². The van der Waals surface area contributed by atoms with Crippen molar-refractivity contribution < 1.29 is 0 Å². The van der Waals surface area contributed by atoms with Gasteiger partial charge in [0.2, 0.25) is 0 Å². The molecule has 1 aromatic heterocycles. The molecule has 0 aliphatic rings. The van der Waals surface area contributed by atoms with Gasteiger partial charge < -0.3 is 5.43 Å². The van der Waals surface area contributed by atoms with Crippen molar-refractivity contribution in [2.24, 2.45) is 5.84 Å². The average Bonchev–Trinajstić information content (AvgIpc) is 1.88. The van der Waals surface area contributed by atoms with Crippen LogP contribution in [-0.2, 0) is 0 Å². The second-order valence-corrected chi connectivity index (χ2v) is 2.40. The number of pyridine rings is 1. The SMILES string of the molecule is Cc1cc(Cl)cnc1NN. The van der Waals surface area contributed by atoms with E-state index >= 15 is 0 Å². The molecular formula is C6H8ClN3. The van der Waals surface area contributed by atoms with E-state index in [1.165, 1.54) is 0 Å². The molecule has 10 heavy (non-hydrogen) atoms. The Kier molecular flexibility index (Phi) is 2.09. The molecule has 0 bridgehead atoms. The van der Waals surface area contributed by atoms with Crippen molar-refractivity contribution in [1.29, 1.82) is 0 Å². The number of hydrogen-bond donors (Lipinski definition) is 2. The van der Waals surface area contributed by atoms with Gasteiger partial charge in [-0.15, -0.1) is 0 Å². The van der Waals surface area contributed by atoms with E-state index in [1.807, 2.05) is 6.92 Å². The monoisotopic (exact) mass is 157 g/mol. The van der Waals surface area contributed by atoms with Gasteiger partial charge >= 0.3 is 0 Å². The van der Waals surface area contributed by atoms with Gasteiger partial charge in [-0.3, -0.25) is 0 Å². The summed E-state index contributed by atoms with van der Waals surface area (Å²) in [6.45, 7) is 1.88. The van der Waals surface area contributed by atoms with Crippen molar-refractivity contribution in [1.82, 2.24) is 4.98 Å². The quantitative estimate of drug-likeness (QED) is 0.478. The Morgan fingerprint density at radius 1 is 1.70 bits per heavy atom. The molecule has 0 spiro atoms. The lowest BCUT2D eigenvalue weighted by Crippen LogP contribution is -2.09. The number of aryl methyl sites for hydroxylation is 1. The van der Waals surface area contributed by atoms with Crippen molar-refractivity contribution in [2.75, 3.05) is 5.43 Å². The second kappa shape index (κ2) is 2.86. The molecule has 4 heteroatoms. The predicted octanol–water partition coefficient (Wildman–Crippen LogP) is 1.33. The van der Waals surface area contributed by atoms with Gasteiger partial charge in [-0.2, -0.15) is 0 Å². The molecule has 0 saturated carbocycles. The van der Waals surface area contributed by atoms with Gasteiger partial charge in [0.25, 0.3) is 0 Å². The van der Waals surface area contributed by atoms with Crippen LogP contribution in [-0.4, -0.2) is 4.98 Å². The Bertz CT molecular complexity index is 236. The number of aromatic nitrogens is 1. The predicted molar refractivity (Wildman–Crippen MR) is 41.8 cm³/mol. The van der Waals surface area contributed by atoms with Crippen molar-refractivity contribution in [2.45, 2.75) is 6.92 Å². The van der Waals surface area contributed by atoms with Crippen LogP contribution in [0.5, 0.6) is 0 Å². The van der Waals surface area contributed by atoms with Gasteiger partial charge in [-0.25, -0.2) is 10.8 Å². The standard InChI is InChI=1S/C6H8ClN3/c1-4-2-5(7)3-9-6(4)10-8/h2-3H,8H2,1H3,(H,9,10). The maximum atomic E-state index is 5.64. The van der Waals surface area contributed by atoms with Crippen LogP contribution >= 0.6 is 11.6 Å². The van der Waals surface area contributed by atoms with E-state index in [-0.39, 0.29) is 0 Å². The third kappa shape index (κ3) is 1.37. The number of rotatable bonds is 1. The number of halogens is 1. The van der Waals surface area contributed by atoms with E-state index in [9.17, 15) is 0 Å². The van der Waals surface area contributed by atoms with Crippen molar-refractivity contribution in [3.63, 3.8) is 0 Å². The Morgan fingerprint density at radius 2 is 2.40 bits per heavy atom. The normalized spacial score (nSPS) is 9.50. The highest BCUT2D eigenvalue weighted by molar-refractivity contribution is 6.30. The molecule has 54 valence electrons. The number of hydrogen-bond acceptors (Lipinski definition) is 3. The van der Waals surface area contributed by atoms with E-state index in [4.69, 9.17) is 17.4 Å². The molecular weight excluding hydrogens is 150 g/mol. The molecule has 0 unspecified atom stereocenters. The molecule has 0 aliphatic carbocycles. The van der Waals surface area contributed by atoms with E-state index in [1.54, 1.807) is 12.3 Å². The van der Waals surface area contributed by atoms with Crippen LogP contribution in [0.4, 0.5) is 5.82 Å². The highest BCUT2D eigenvalue weighted by atomic mass is 35.5. The van der Waals surface area contributed by atoms with Crippen LogP contribution in [0.15, 0.2) is 12.3 Å². The van der Waals surface area contributed by atoms with Crippen LogP contribution in [0.25, 0.3) is 0 Å². The van der Waals surface area contributed by atoms with Gasteiger partial charge in [0.15, 0.2) is 0 Å². The molecule has 0 radical (unpaired) electrons. The summed E-state index contributed by atoms with van der Waals surface area (Å²) in [7, 11) is 0. The minimum absolute atomic E-state index is 0.622. The summed E-state index contributed by atoms with van der Waals surface area (Å²) in [6.07, 6.45) is 1.55. The third-order valence-corrected chi connectivity index (χ3v) is 1.39. The first-order valence-corrected chi connectivity index (χ1v) is 3.20. The zero-order valence-electron chi connectivity index (χ0n) is 5.56. The minimum Gasteiger partial charge on any atom is -0.308 e. The zero-order chi connectivity index (χ0) is 7.56. The fourth-order valence-corrected chi connectivity index (χ4v) is 0.904. The van der Waals surface area contributed by atoms with Crippen molar-refractivity contribution in [3.05, 3.63) is 22.8 Å². The van der Waals surface area contributed by atoms with Crippen LogP contribution in [0.3, 0.4) is 0 Å². The Balaban J connectivity index is 3.07. The lowest BCUT2D eigenvalue weighted by molar-refractivity contribution is 1.19. The van der Waals surface area contributed by atoms with E-state index in [2.05, 4.69) is 10.4 Å². The van der Waals surface area contributed by atoms with Crippen LogP contribution in [0, 0.1) is 6.92 Å². The maximum Gasteiger partial charge on any atom is 0.142 e. The number of hydrazine groups is 1. The summed E-state index contributed by atoms with van der Waals surface area (Å²) >= 11 is 5.64. The largest absolute Gasteiger partial charge is 0.308 e.